The van der Waals surface area contributed by atoms with E-state index < -0.39 is 0 Å². The highest BCUT2D eigenvalue weighted by atomic mass is 15.0. The van der Waals surface area contributed by atoms with Gasteiger partial charge in [0, 0.05) is 21.8 Å². The highest BCUT2D eigenvalue weighted by Gasteiger charge is 2.22. The lowest BCUT2D eigenvalue weighted by atomic mass is 9.83. The van der Waals surface area contributed by atoms with Crippen molar-refractivity contribution in [3.8, 4) is 67.4 Å². The van der Waals surface area contributed by atoms with Crippen LogP contribution in [0.25, 0.3) is 137 Å². The second kappa shape index (κ2) is 15.4. The molecule has 0 amide bonds. The predicted molar refractivity (Wildman–Crippen MR) is 291 cm³/mol. The second-order valence-corrected chi connectivity index (χ2v) is 18.3. The van der Waals surface area contributed by atoms with E-state index >= 15 is 0 Å². The fraction of sp³-hybridized carbons (Fsp3) is 0. The minimum Gasteiger partial charge on any atom is -0.309 e. The number of para-hydroxylation sites is 1. The molecule has 14 aromatic rings. The van der Waals surface area contributed by atoms with Crippen LogP contribution in [0, 0.1) is 11.3 Å². The Labute approximate surface area is 399 Å². The van der Waals surface area contributed by atoms with Gasteiger partial charge in [-0.25, -0.2) is 0 Å². The first-order valence-electron chi connectivity index (χ1n) is 23.6. The number of hydrogen-bond donors (Lipinski definition) is 0. The Morgan fingerprint density at radius 3 is 1.33 bits per heavy atom. The van der Waals surface area contributed by atoms with E-state index in [1.165, 1.54) is 92.8 Å². The van der Waals surface area contributed by atoms with E-state index in [2.05, 4.69) is 247 Å². The first-order valence-corrected chi connectivity index (χ1v) is 23.6. The Bertz CT molecular complexity index is 4400. The fourth-order valence-corrected chi connectivity index (χ4v) is 11.3. The summed E-state index contributed by atoms with van der Waals surface area (Å²) in [5, 5.41) is 24.5. The summed E-state index contributed by atoms with van der Waals surface area (Å²) in [6.07, 6.45) is 0. The number of nitrogens with zero attached hydrogens (tertiary/aromatic N) is 2. The molecule has 2 heteroatoms. The van der Waals surface area contributed by atoms with Crippen molar-refractivity contribution in [2.24, 2.45) is 0 Å². The largest absolute Gasteiger partial charge is 0.309 e. The van der Waals surface area contributed by atoms with Crippen molar-refractivity contribution in [1.29, 1.82) is 5.26 Å². The van der Waals surface area contributed by atoms with Gasteiger partial charge in [0.05, 0.1) is 22.7 Å². The van der Waals surface area contributed by atoms with Crippen molar-refractivity contribution in [2.45, 2.75) is 0 Å². The average Bonchev–Trinajstić information content (AvgIpc) is 3.76. The third-order valence-electron chi connectivity index (χ3n) is 14.6. The van der Waals surface area contributed by atoms with Crippen molar-refractivity contribution >= 4 is 75.7 Å². The van der Waals surface area contributed by atoms with E-state index in [0.717, 1.165) is 44.2 Å². The molecule has 14 rings (SSSR count). The Kier molecular flexibility index (Phi) is 8.68. The zero-order valence-electron chi connectivity index (χ0n) is 37.5. The predicted octanol–water partition coefficient (Wildman–Crippen LogP) is 18.2. The zero-order chi connectivity index (χ0) is 45.6. The molecule has 0 atom stereocenters. The van der Waals surface area contributed by atoms with Crippen LogP contribution in [0.4, 0.5) is 0 Å². The van der Waals surface area contributed by atoms with Crippen LogP contribution in [0.2, 0.25) is 0 Å². The normalized spacial score (nSPS) is 11.8. The summed E-state index contributed by atoms with van der Waals surface area (Å²) < 4.78 is 2.33. The quantitative estimate of drug-likeness (QED) is 0.121. The monoisotopic (exact) mass is 872 g/mol. The van der Waals surface area contributed by atoms with Crippen molar-refractivity contribution in [2.75, 3.05) is 0 Å². The molecule has 0 spiro atoms. The van der Waals surface area contributed by atoms with Crippen LogP contribution in [0.15, 0.2) is 243 Å². The molecule has 0 N–H and O–H groups in total. The van der Waals surface area contributed by atoms with Gasteiger partial charge in [-0.15, -0.1) is 0 Å². The van der Waals surface area contributed by atoms with Crippen LogP contribution >= 0.6 is 0 Å². The van der Waals surface area contributed by atoms with Crippen molar-refractivity contribution in [3.05, 3.63) is 248 Å². The molecule has 0 radical (unpaired) electrons. The number of benzene rings is 13. The van der Waals surface area contributed by atoms with E-state index in [-0.39, 0.29) is 0 Å². The maximum absolute atomic E-state index is 10.2. The summed E-state index contributed by atoms with van der Waals surface area (Å²) in [6, 6.07) is 91.1. The molecule has 2 nitrogen and oxygen atoms in total. The van der Waals surface area contributed by atoms with Gasteiger partial charge in [-0.1, -0.05) is 188 Å². The summed E-state index contributed by atoms with van der Waals surface area (Å²) >= 11 is 0. The van der Waals surface area contributed by atoms with Gasteiger partial charge in [-0.3, -0.25) is 0 Å². The Balaban J connectivity index is 0.975. The molecule has 0 bridgehead atoms. The molecule has 318 valence electrons. The molecule has 1 heterocycles. The Morgan fingerprint density at radius 2 is 0.739 bits per heavy atom. The maximum atomic E-state index is 10.2. The fourth-order valence-electron chi connectivity index (χ4n) is 11.3. The highest BCUT2D eigenvalue weighted by Crippen LogP contribution is 2.48. The third kappa shape index (κ3) is 6.12. The molecule has 0 aliphatic heterocycles. The lowest BCUT2D eigenvalue weighted by Crippen LogP contribution is -1.93. The van der Waals surface area contributed by atoms with Crippen LogP contribution in [0.1, 0.15) is 5.56 Å². The number of fused-ring (bicyclic) bond motifs is 4. The van der Waals surface area contributed by atoms with Crippen LogP contribution in [0.3, 0.4) is 0 Å². The minimum atomic E-state index is 0.694. The number of nitriles is 1. The summed E-state index contributed by atoms with van der Waals surface area (Å²) in [7, 11) is 0. The van der Waals surface area contributed by atoms with Crippen LogP contribution < -0.4 is 0 Å². The van der Waals surface area contributed by atoms with Crippen LogP contribution in [0.5, 0.6) is 0 Å². The molecule has 0 fully saturated rings. The standard InChI is InChI=1S/C67H40N2/c68-41-53-29-35-62-66-56(53)32-33-57-55(34-36-63(67(57)66)69(62)54-17-5-2-6-18-54)46-23-19-45(20-24-46)50-28-31-59-61(40-50)65(52-26-22-44-14-8-10-16-48(44)38-52)58-30-27-49(42-11-3-1-4-12-42)39-60(58)64(59)51-25-21-43-13-7-9-15-47(43)37-51/h1-40H. The lowest BCUT2D eigenvalue weighted by molar-refractivity contribution is 1.18. The lowest BCUT2D eigenvalue weighted by Gasteiger charge is -2.20. The van der Waals surface area contributed by atoms with E-state index in [0.29, 0.717) is 5.56 Å². The minimum absolute atomic E-state index is 0.694. The SMILES string of the molecule is N#Cc1ccc2c3c1ccc1c(-c4ccc(-c5ccc6c(-c7ccc8ccccc8c7)c7cc(-c8ccccc8)ccc7c(-c7ccc8ccccc8c7)c6c5)cc4)ccc(c13)n2-c1ccccc1. The van der Waals surface area contributed by atoms with E-state index in [1.54, 1.807) is 0 Å². The molecule has 0 saturated heterocycles. The zero-order valence-corrected chi connectivity index (χ0v) is 37.5. The first kappa shape index (κ1) is 38.9. The van der Waals surface area contributed by atoms with E-state index in [9.17, 15) is 5.26 Å². The molecule has 69 heavy (non-hydrogen) atoms. The van der Waals surface area contributed by atoms with Crippen molar-refractivity contribution < 1.29 is 0 Å². The summed E-state index contributed by atoms with van der Waals surface area (Å²) in [5.41, 5.74) is 16.0. The van der Waals surface area contributed by atoms with Gasteiger partial charge in [0.25, 0.3) is 0 Å². The summed E-state index contributed by atoms with van der Waals surface area (Å²) in [6.45, 7) is 0. The van der Waals surface area contributed by atoms with Crippen molar-refractivity contribution in [1.82, 2.24) is 4.57 Å². The topological polar surface area (TPSA) is 28.7 Å². The smallest absolute Gasteiger partial charge is 0.0998 e. The van der Waals surface area contributed by atoms with Gasteiger partial charge in [-0.05, 0) is 159 Å². The molecular formula is C67H40N2. The highest BCUT2D eigenvalue weighted by molar-refractivity contribution is 6.28. The number of hydrogen-bond acceptors (Lipinski definition) is 1. The molecule has 0 aliphatic carbocycles. The van der Waals surface area contributed by atoms with Gasteiger partial charge in [-0.2, -0.15) is 5.26 Å². The average molecular weight is 873 g/mol. The van der Waals surface area contributed by atoms with Gasteiger partial charge < -0.3 is 4.57 Å². The number of rotatable bonds is 6. The number of aromatic nitrogens is 1. The maximum Gasteiger partial charge on any atom is 0.0998 e. The second-order valence-electron chi connectivity index (χ2n) is 18.3. The first-order chi connectivity index (χ1) is 34.2. The van der Waals surface area contributed by atoms with Gasteiger partial charge in [0.15, 0.2) is 0 Å². The van der Waals surface area contributed by atoms with E-state index in [1.807, 2.05) is 6.07 Å². The third-order valence-corrected chi connectivity index (χ3v) is 14.6. The molecule has 0 unspecified atom stereocenters. The summed E-state index contributed by atoms with van der Waals surface area (Å²) in [4.78, 5) is 0. The summed E-state index contributed by atoms with van der Waals surface area (Å²) in [5.74, 6) is 0. The van der Waals surface area contributed by atoms with Crippen LogP contribution in [-0.4, -0.2) is 4.57 Å². The molecule has 13 aromatic carbocycles. The Hall–Kier alpha value is -9.29. The molecule has 0 aliphatic rings. The van der Waals surface area contributed by atoms with E-state index in [4.69, 9.17) is 0 Å². The van der Waals surface area contributed by atoms with Crippen LogP contribution in [-0.2, 0) is 0 Å². The Morgan fingerprint density at radius 1 is 0.290 bits per heavy atom. The molecule has 1 aromatic heterocycles. The molecule has 0 saturated carbocycles. The molecular weight excluding hydrogens is 833 g/mol. The van der Waals surface area contributed by atoms with Gasteiger partial charge >= 0.3 is 0 Å². The van der Waals surface area contributed by atoms with Gasteiger partial charge in [0.2, 0.25) is 0 Å². The van der Waals surface area contributed by atoms with Gasteiger partial charge in [0.1, 0.15) is 0 Å². The van der Waals surface area contributed by atoms with Crippen molar-refractivity contribution in [3.63, 3.8) is 0 Å².